The van der Waals surface area contributed by atoms with Crippen LogP contribution in [0.3, 0.4) is 0 Å². The molecule has 0 fully saturated rings. The van der Waals surface area contributed by atoms with Crippen molar-refractivity contribution in [2.24, 2.45) is 0 Å². The molecule has 0 saturated carbocycles. The first-order chi connectivity index (χ1) is 10.2. The predicted molar refractivity (Wildman–Crippen MR) is 86.3 cm³/mol. The summed E-state index contributed by atoms with van der Waals surface area (Å²) in [6.45, 7) is 7.20. The van der Waals surface area contributed by atoms with Crippen molar-refractivity contribution in [1.29, 1.82) is 0 Å². The van der Waals surface area contributed by atoms with E-state index in [4.69, 9.17) is 0 Å². The van der Waals surface area contributed by atoms with E-state index in [1.54, 1.807) is 5.56 Å². The number of pyridine rings is 1. The molecular weight excluding hydrogens is 254 g/mol. The molecule has 0 spiro atoms. The van der Waals surface area contributed by atoms with Crippen molar-refractivity contribution in [3.8, 4) is 11.3 Å². The second kappa shape index (κ2) is 4.19. The van der Waals surface area contributed by atoms with Crippen molar-refractivity contribution in [2.45, 2.75) is 57.4 Å². The average Bonchev–Trinajstić information content (AvgIpc) is 2.55. The summed E-state index contributed by atoms with van der Waals surface area (Å²) < 4.78 is 2.56. The first-order valence-electron chi connectivity index (χ1n) is 8.31. The van der Waals surface area contributed by atoms with E-state index in [0.29, 0.717) is 0 Å². The van der Waals surface area contributed by atoms with Gasteiger partial charge in [0.25, 0.3) is 0 Å². The zero-order valence-electron chi connectivity index (χ0n) is 13.3. The van der Waals surface area contributed by atoms with E-state index in [1.807, 2.05) is 0 Å². The van der Waals surface area contributed by atoms with Gasteiger partial charge in [0.1, 0.15) is 0 Å². The highest BCUT2D eigenvalue weighted by atomic mass is 15.1. The number of benzene rings is 1. The van der Waals surface area contributed by atoms with Gasteiger partial charge in [0.2, 0.25) is 5.69 Å². The van der Waals surface area contributed by atoms with Crippen LogP contribution in [-0.2, 0) is 17.4 Å². The fourth-order valence-corrected chi connectivity index (χ4v) is 5.00. The average molecular weight is 278 g/mol. The van der Waals surface area contributed by atoms with Gasteiger partial charge in [-0.2, -0.15) is 4.57 Å². The second-order valence-corrected chi connectivity index (χ2v) is 6.90. The van der Waals surface area contributed by atoms with Gasteiger partial charge in [-0.05, 0) is 42.5 Å². The minimum atomic E-state index is 0.171. The fourth-order valence-electron chi connectivity index (χ4n) is 5.00. The smallest absolute Gasteiger partial charge is 0.192 e. The van der Waals surface area contributed by atoms with E-state index in [9.17, 15) is 0 Å². The zero-order valence-corrected chi connectivity index (χ0v) is 13.3. The number of rotatable bonds is 2. The highest BCUT2D eigenvalue weighted by molar-refractivity contribution is 5.67. The number of hydrogen-bond donors (Lipinski definition) is 0. The first-order valence-corrected chi connectivity index (χ1v) is 8.31. The molecule has 2 heterocycles. The Bertz CT molecular complexity index is 718. The summed E-state index contributed by atoms with van der Waals surface area (Å²) >= 11 is 0. The molecule has 1 aromatic heterocycles. The molecule has 0 N–H and O–H groups in total. The number of aromatic nitrogens is 1. The Morgan fingerprint density at radius 3 is 2.71 bits per heavy atom. The van der Waals surface area contributed by atoms with Crippen LogP contribution in [0.1, 0.15) is 51.2 Å². The van der Waals surface area contributed by atoms with Crippen LogP contribution in [-0.4, -0.2) is 0 Å². The standard InChI is InChI=1S/C20H24N/c1-4-19(3)20(5-2)12-11-15-9-10-16(17(20)14-15)18-8-6-7-13-21(18)19/h6-10,13-14H,4-5,11-12H2,1-3H3/q+1. The van der Waals surface area contributed by atoms with Crippen LogP contribution in [0.25, 0.3) is 11.3 Å². The first kappa shape index (κ1) is 13.1. The third kappa shape index (κ3) is 1.40. The summed E-state index contributed by atoms with van der Waals surface area (Å²) in [7, 11) is 0. The van der Waals surface area contributed by atoms with Crippen LogP contribution in [0.5, 0.6) is 0 Å². The molecule has 1 heteroatoms. The SMILES string of the molecule is CCC12CCc3ccc(c1c3)-c1cccc[n+]1C2(C)CC. The number of hydrogen-bond acceptors (Lipinski definition) is 0. The Morgan fingerprint density at radius 2 is 1.95 bits per heavy atom. The lowest BCUT2D eigenvalue weighted by Gasteiger charge is -2.50. The third-order valence-corrected chi connectivity index (χ3v) is 6.43. The fraction of sp³-hybridized carbons (Fsp3) is 0.450. The van der Waals surface area contributed by atoms with Gasteiger partial charge in [-0.1, -0.05) is 26.0 Å². The normalized spacial score (nSPS) is 29.1. The summed E-state index contributed by atoms with van der Waals surface area (Å²) in [6, 6.07) is 13.8. The molecule has 1 aliphatic carbocycles. The van der Waals surface area contributed by atoms with Gasteiger partial charge in [-0.25, -0.2) is 0 Å². The molecule has 0 amide bonds. The summed E-state index contributed by atoms with van der Waals surface area (Å²) in [5.41, 5.74) is 6.40. The van der Waals surface area contributed by atoms with Crippen molar-refractivity contribution in [1.82, 2.24) is 0 Å². The molecule has 21 heavy (non-hydrogen) atoms. The van der Waals surface area contributed by atoms with Gasteiger partial charge in [0, 0.05) is 25.5 Å². The quantitative estimate of drug-likeness (QED) is 0.718. The van der Waals surface area contributed by atoms with E-state index in [2.05, 4.69) is 67.9 Å². The molecule has 2 atom stereocenters. The second-order valence-electron chi connectivity index (χ2n) is 6.90. The molecule has 1 aromatic carbocycles. The maximum absolute atomic E-state index is 2.56. The minimum absolute atomic E-state index is 0.171. The van der Waals surface area contributed by atoms with Gasteiger partial charge in [-0.3, -0.25) is 0 Å². The topological polar surface area (TPSA) is 3.88 Å². The molecule has 4 rings (SSSR count). The van der Waals surface area contributed by atoms with Gasteiger partial charge in [0.05, 0.1) is 11.0 Å². The maximum atomic E-state index is 2.56. The van der Waals surface area contributed by atoms with Crippen LogP contribution in [0, 0.1) is 0 Å². The Morgan fingerprint density at radius 1 is 1.10 bits per heavy atom. The molecule has 2 aromatic rings. The van der Waals surface area contributed by atoms with Gasteiger partial charge < -0.3 is 0 Å². The number of aryl methyl sites for hydroxylation is 1. The molecule has 0 saturated heterocycles. The predicted octanol–water partition coefficient (Wildman–Crippen LogP) is 4.37. The van der Waals surface area contributed by atoms with Crippen LogP contribution < -0.4 is 4.57 Å². The number of fused-ring (bicyclic) bond motifs is 3. The summed E-state index contributed by atoms with van der Waals surface area (Å²) in [6.07, 6.45) is 7.19. The Balaban J connectivity index is 2.15. The van der Waals surface area contributed by atoms with Crippen LogP contribution in [0.4, 0.5) is 0 Å². The van der Waals surface area contributed by atoms with E-state index < -0.39 is 0 Å². The molecule has 108 valence electrons. The summed E-state index contributed by atoms with van der Waals surface area (Å²) in [5, 5.41) is 0. The van der Waals surface area contributed by atoms with Crippen LogP contribution in [0.2, 0.25) is 0 Å². The Labute approximate surface area is 127 Å². The molecule has 2 aliphatic rings. The van der Waals surface area contributed by atoms with Crippen LogP contribution >= 0.6 is 0 Å². The van der Waals surface area contributed by atoms with Crippen molar-refractivity contribution in [3.05, 3.63) is 53.7 Å². The van der Waals surface area contributed by atoms with E-state index in [-0.39, 0.29) is 11.0 Å². The lowest BCUT2D eigenvalue weighted by atomic mass is 9.55. The maximum Gasteiger partial charge on any atom is 0.213 e. The third-order valence-electron chi connectivity index (χ3n) is 6.43. The Hall–Kier alpha value is -1.63. The number of nitrogens with zero attached hydrogens (tertiary/aromatic N) is 1. The minimum Gasteiger partial charge on any atom is -0.192 e. The van der Waals surface area contributed by atoms with Gasteiger partial charge in [-0.15, -0.1) is 0 Å². The molecule has 2 bridgehead atoms. The van der Waals surface area contributed by atoms with Gasteiger partial charge in [0.15, 0.2) is 11.7 Å². The monoisotopic (exact) mass is 278 g/mol. The van der Waals surface area contributed by atoms with E-state index >= 15 is 0 Å². The molecule has 2 unspecified atom stereocenters. The van der Waals surface area contributed by atoms with Crippen LogP contribution in [0.15, 0.2) is 42.6 Å². The molecule has 1 nitrogen and oxygen atoms in total. The van der Waals surface area contributed by atoms with Crippen molar-refractivity contribution >= 4 is 0 Å². The van der Waals surface area contributed by atoms with E-state index in [1.165, 1.54) is 42.5 Å². The molecule has 1 aliphatic heterocycles. The summed E-state index contributed by atoms with van der Waals surface area (Å²) in [5.74, 6) is 0. The lowest BCUT2D eigenvalue weighted by molar-refractivity contribution is -0.766. The van der Waals surface area contributed by atoms with Crippen molar-refractivity contribution in [3.63, 3.8) is 0 Å². The summed E-state index contributed by atoms with van der Waals surface area (Å²) in [4.78, 5) is 0. The molecule has 0 radical (unpaired) electrons. The Kier molecular flexibility index (Phi) is 2.61. The van der Waals surface area contributed by atoms with E-state index in [0.717, 1.165) is 0 Å². The lowest BCUT2D eigenvalue weighted by Crippen LogP contribution is -2.68. The van der Waals surface area contributed by atoms with Crippen molar-refractivity contribution < 1.29 is 4.57 Å². The highest BCUT2D eigenvalue weighted by Gasteiger charge is 2.59. The van der Waals surface area contributed by atoms with Crippen molar-refractivity contribution in [2.75, 3.05) is 0 Å². The zero-order chi connectivity index (χ0) is 14.7. The highest BCUT2D eigenvalue weighted by Crippen LogP contribution is 2.54. The largest absolute Gasteiger partial charge is 0.213 e. The molecular formula is C20H24N+. The van der Waals surface area contributed by atoms with Gasteiger partial charge >= 0.3 is 0 Å².